The lowest BCUT2D eigenvalue weighted by Crippen LogP contribution is -2.15. The second-order valence-electron chi connectivity index (χ2n) is 5.86. The van der Waals surface area contributed by atoms with Crippen molar-refractivity contribution in [3.05, 3.63) is 70.3 Å². The first-order chi connectivity index (χ1) is 13.7. The molecule has 0 aliphatic carbocycles. The zero-order valence-corrected chi connectivity index (χ0v) is 16.5. The third-order valence-electron chi connectivity index (χ3n) is 3.85. The fraction of sp³-hybridized carbons (Fsp3) is 0.0556. The zero-order chi connectivity index (χ0) is 21.2. The second-order valence-corrected chi connectivity index (χ2v) is 8.52. The Kier molecular flexibility index (Phi) is 5.52. The average Bonchev–Trinajstić information content (AvgIpc) is 3.03. The highest BCUT2D eigenvalue weighted by molar-refractivity contribution is 7.92. The van der Waals surface area contributed by atoms with Crippen LogP contribution in [-0.4, -0.2) is 24.6 Å². The molecule has 2 N–H and O–H groups in total. The SMILES string of the molecule is Cc1ccccc1S(=O)(=O)Nc1cc(-c2cccc([N+](=O)[O-])c2)sc1OC(=O)O. The van der Waals surface area contributed by atoms with Crippen LogP contribution < -0.4 is 9.46 Å². The van der Waals surface area contributed by atoms with Gasteiger partial charge in [-0.3, -0.25) is 14.8 Å². The molecule has 150 valence electrons. The molecule has 11 heteroatoms. The molecule has 3 aromatic rings. The standard InChI is InChI=1S/C18H14N2O7S2/c1-11-5-2-3-8-16(11)29(25,26)19-14-10-15(28-17(14)27-18(21)22)12-6-4-7-13(9-12)20(23)24/h2-10,19H,1H3,(H,21,22). The number of ether oxygens (including phenoxy) is 1. The van der Waals surface area contributed by atoms with E-state index in [0.29, 0.717) is 16.0 Å². The number of carbonyl (C=O) groups is 1. The van der Waals surface area contributed by atoms with Crippen molar-refractivity contribution in [3.8, 4) is 15.5 Å². The van der Waals surface area contributed by atoms with Crippen LogP contribution in [0.4, 0.5) is 16.2 Å². The number of carboxylic acid groups (broad SMARTS) is 1. The van der Waals surface area contributed by atoms with E-state index < -0.39 is 21.1 Å². The van der Waals surface area contributed by atoms with Crippen molar-refractivity contribution in [1.82, 2.24) is 0 Å². The third kappa shape index (κ3) is 4.52. The Morgan fingerprint density at radius 3 is 2.55 bits per heavy atom. The van der Waals surface area contributed by atoms with E-state index in [-0.39, 0.29) is 21.3 Å². The summed E-state index contributed by atoms with van der Waals surface area (Å²) in [6.45, 7) is 1.63. The van der Waals surface area contributed by atoms with Crippen LogP contribution in [0.2, 0.25) is 0 Å². The Morgan fingerprint density at radius 1 is 1.17 bits per heavy atom. The van der Waals surface area contributed by atoms with Gasteiger partial charge in [-0.25, -0.2) is 13.2 Å². The number of thiophene rings is 1. The summed E-state index contributed by atoms with van der Waals surface area (Å²) >= 11 is 0.849. The van der Waals surface area contributed by atoms with Gasteiger partial charge in [0.15, 0.2) is 0 Å². The molecule has 0 saturated heterocycles. The van der Waals surface area contributed by atoms with Crippen molar-refractivity contribution in [3.63, 3.8) is 0 Å². The highest BCUT2D eigenvalue weighted by atomic mass is 32.2. The number of hydrogen-bond acceptors (Lipinski definition) is 7. The van der Waals surface area contributed by atoms with Crippen molar-refractivity contribution in [2.24, 2.45) is 0 Å². The van der Waals surface area contributed by atoms with Crippen molar-refractivity contribution in [1.29, 1.82) is 0 Å². The molecule has 0 unspecified atom stereocenters. The topological polar surface area (TPSA) is 136 Å². The molecule has 2 aromatic carbocycles. The minimum atomic E-state index is -4.02. The van der Waals surface area contributed by atoms with Crippen LogP contribution >= 0.6 is 11.3 Å². The Balaban J connectivity index is 2.04. The molecule has 29 heavy (non-hydrogen) atoms. The predicted molar refractivity (Wildman–Crippen MR) is 107 cm³/mol. The lowest BCUT2D eigenvalue weighted by molar-refractivity contribution is -0.384. The van der Waals surface area contributed by atoms with Crippen molar-refractivity contribution < 1.29 is 28.0 Å². The van der Waals surface area contributed by atoms with Gasteiger partial charge in [0.1, 0.15) is 5.69 Å². The second kappa shape index (κ2) is 7.89. The number of nitrogens with zero attached hydrogens (tertiary/aromatic N) is 1. The molecule has 9 nitrogen and oxygen atoms in total. The van der Waals surface area contributed by atoms with Crippen LogP contribution in [-0.2, 0) is 10.0 Å². The van der Waals surface area contributed by atoms with Gasteiger partial charge in [0.25, 0.3) is 15.7 Å². The van der Waals surface area contributed by atoms with Gasteiger partial charge in [0.05, 0.1) is 9.82 Å². The summed E-state index contributed by atoms with van der Waals surface area (Å²) in [5.74, 6) is 0. The molecule has 0 saturated carbocycles. The summed E-state index contributed by atoms with van der Waals surface area (Å²) < 4.78 is 32.6. The predicted octanol–water partition coefficient (Wildman–Crippen LogP) is 4.49. The number of aryl methyl sites for hydroxylation is 1. The van der Waals surface area contributed by atoms with E-state index in [0.717, 1.165) is 11.3 Å². The van der Waals surface area contributed by atoms with E-state index in [2.05, 4.69) is 4.72 Å². The summed E-state index contributed by atoms with van der Waals surface area (Å²) in [6.07, 6.45) is -1.62. The van der Waals surface area contributed by atoms with Gasteiger partial charge in [-0.05, 0) is 30.2 Å². The lowest BCUT2D eigenvalue weighted by Gasteiger charge is -2.10. The molecule has 0 atom stereocenters. The Labute approximate surface area is 169 Å². The minimum absolute atomic E-state index is 0.0318. The maximum Gasteiger partial charge on any atom is 0.512 e. The monoisotopic (exact) mass is 434 g/mol. The number of sulfonamides is 1. The molecule has 1 heterocycles. The van der Waals surface area contributed by atoms with Crippen molar-refractivity contribution in [2.75, 3.05) is 4.72 Å². The first kappa shape index (κ1) is 20.3. The van der Waals surface area contributed by atoms with Gasteiger partial charge in [-0.2, -0.15) is 0 Å². The Bertz CT molecular complexity index is 1200. The highest BCUT2D eigenvalue weighted by Crippen LogP contribution is 2.42. The van der Waals surface area contributed by atoms with Crippen molar-refractivity contribution >= 4 is 38.9 Å². The Hall–Kier alpha value is -3.44. The molecule has 0 aliphatic heterocycles. The molecular formula is C18H14N2O7S2. The summed E-state index contributed by atoms with van der Waals surface area (Å²) in [4.78, 5) is 21.9. The number of benzene rings is 2. The zero-order valence-electron chi connectivity index (χ0n) is 14.9. The summed E-state index contributed by atoms with van der Waals surface area (Å²) in [5.41, 5.74) is 0.691. The number of nitro groups is 1. The molecule has 3 rings (SSSR count). The smallest absolute Gasteiger partial charge is 0.449 e. The van der Waals surface area contributed by atoms with Gasteiger partial charge < -0.3 is 9.84 Å². The van der Waals surface area contributed by atoms with Crippen LogP contribution in [0.25, 0.3) is 10.4 Å². The minimum Gasteiger partial charge on any atom is -0.449 e. The molecule has 1 aromatic heterocycles. The fourth-order valence-corrected chi connectivity index (χ4v) is 4.89. The van der Waals surface area contributed by atoms with Crippen LogP contribution in [0.3, 0.4) is 0 Å². The molecule has 0 amide bonds. The van der Waals surface area contributed by atoms with E-state index in [1.165, 1.54) is 30.3 Å². The number of anilines is 1. The Morgan fingerprint density at radius 2 is 1.90 bits per heavy atom. The molecule has 0 bridgehead atoms. The van der Waals surface area contributed by atoms with Gasteiger partial charge in [0, 0.05) is 17.0 Å². The van der Waals surface area contributed by atoms with E-state index >= 15 is 0 Å². The highest BCUT2D eigenvalue weighted by Gasteiger charge is 2.23. The van der Waals surface area contributed by atoms with Gasteiger partial charge in [0.2, 0.25) is 5.06 Å². The quantitative estimate of drug-likeness (QED) is 0.331. The summed E-state index contributed by atoms with van der Waals surface area (Å²) in [6, 6.07) is 13.4. The largest absolute Gasteiger partial charge is 0.512 e. The van der Waals surface area contributed by atoms with E-state index in [9.17, 15) is 23.3 Å². The molecular weight excluding hydrogens is 420 g/mol. The number of hydrogen-bond donors (Lipinski definition) is 2. The normalized spacial score (nSPS) is 11.1. The molecule has 0 fully saturated rings. The van der Waals surface area contributed by atoms with Crippen LogP contribution in [0, 0.1) is 17.0 Å². The van der Waals surface area contributed by atoms with Crippen LogP contribution in [0.15, 0.2) is 59.5 Å². The van der Waals surface area contributed by atoms with Gasteiger partial charge >= 0.3 is 6.16 Å². The van der Waals surface area contributed by atoms with Gasteiger partial charge in [-0.1, -0.05) is 41.7 Å². The number of nitrogens with one attached hydrogen (secondary N) is 1. The maximum absolute atomic E-state index is 12.8. The van der Waals surface area contributed by atoms with Crippen LogP contribution in [0.1, 0.15) is 5.56 Å². The number of nitro benzene ring substituents is 1. The molecule has 0 radical (unpaired) electrons. The summed E-state index contributed by atoms with van der Waals surface area (Å²) in [7, 11) is -4.02. The fourth-order valence-electron chi connectivity index (χ4n) is 2.57. The first-order valence-corrected chi connectivity index (χ1v) is 10.4. The summed E-state index contributed by atoms with van der Waals surface area (Å²) in [5, 5.41) is 19.8. The van der Waals surface area contributed by atoms with Gasteiger partial charge in [-0.15, -0.1) is 0 Å². The number of non-ortho nitro benzene ring substituents is 1. The van der Waals surface area contributed by atoms with E-state index in [4.69, 9.17) is 9.84 Å². The lowest BCUT2D eigenvalue weighted by atomic mass is 10.1. The molecule has 0 spiro atoms. The van der Waals surface area contributed by atoms with Crippen molar-refractivity contribution in [2.45, 2.75) is 11.8 Å². The first-order valence-electron chi connectivity index (χ1n) is 8.05. The average molecular weight is 434 g/mol. The number of rotatable bonds is 6. The maximum atomic E-state index is 12.8. The molecule has 0 aliphatic rings. The third-order valence-corrected chi connectivity index (χ3v) is 6.43. The van der Waals surface area contributed by atoms with E-state index in [1.807, 2.05) is 0 Å². The van der Waals surface area contributed by atoms with E-state index in [1.54, 1.807) is 31.2 Å². The van der Waals surface area contributed by atoms with Crippen LogP contribution in [0.5, 0.6) is 5.06 Å².